The van der Waals surface area contributed by atoms with Crippen LogP contribution >= 0.6 is 23.2 Å². The van der Waals surface area contributed by atoms with Gasteiger partial charge in [-0.2, -0.15) is 9.40 Å². The SMILES string of the molecule is CN(C)c1ccc(C(=O)Nc2cc(-c3nn(CCCN4CCN(c5cccc(Cl)c5)CC4)c4c3CN(S(C)(=O)=O)CC4)ccc2Cl)cc1. The zero-order valence-electron chi connectivity index (χ0n) is 27.5. The van der Waals surface area contributed by atoms with Gasteiger partial charge in [-0.1, -0.05) is 35.3 Å². The van der Waals surface area contributed by atoms with Crippen molar-refractivity contribution in [1.29, 1.82) is 0 Å². The molecule has 0 bridgehead atoms. The Labute approximate surface area is 292 Å². The topological polar surface area (TPSA) is 94.0 Å². The van der Waals surface area contributed by atoms with E-state index < -0.39 is 10.0 Å². The normalized spacial score (nSPS) is 15.7. The maximum atomic E-state index is 13.1. The van der Waals surface area contributed by atoms with Crippen LogP contribution in [0.15, 0.2) is 66.7 Å². The molecule has 3 aromatic carbocycles. The molecule has 0 aliphatic carbocycles. The lowest BCUT2D eigenvalue weighted by Crippen LogP contribution is -2.46. The lowest BCUT2D eigenvalue weighted by molar-refractivity contribution is 0.102. The monoisotopic (exact) mass is 709 g/mol. The van der Waals surface area contributed by atoms with Crippen molar-refractivity contribution >= 4 is 56.2 Å². The minimum Gasteiger partial charge on any atom is -0.378 e. The van der Waals surface area contributed by atoms with Gasteiger partial charge in [0.05, 0.1) is 22.7 Å². The van der Waals surface area contributed by atoms with Crippen LogP contribution in [0.3, 0.4) is 0 Å². The third-order valence-corrected chi connectivity index (χ3v) is 10.9. The molecule has 0 spiro atoms. The number of aromatic nitrogens is 2. The van der Waals surface area contributed by atoms with E-state index in [0.29, 0.717) is 34.9 Å². The van der Waals surface area contributed by atoms with E-state index in [1.165, 1.54) is 10.6 Å². The number of anilines is 3. The number of hydrogen-bond acceptors (Lipinski definition) is 7. The molecule has 0 radical (unpaired) electrons. The van der Waals surface area contributed by atoms with Crippen LogP contribution in [0.2, 0.25) is 10.0 Å². The highest BCUT2D eigenvalue weighted by atomic mass is 35.5. The van der Waals surface area contributed by atoms with Crippen molar-refractivity contribution in [2.24, 2.45) is 0 Å². The summed E-state index contributed by atoms with van der Waals surface area (Å²) in [5.41, 5.74) is 6.54. The molecule has 1 amide bonds. The maximum Gasteiger partial charge on any atom is 0.255 e. The molecule has 0 atom stereocenters. The first kappa shape index (κ1) is 34.3. The molecule has 0 unspecified atom stereocenters. The third kappa shape index (κ3) is 7.82. The number of aryl methyl sites for hydroxylation is 1. The molecule has 48 heavy (non-hydrogen) atoms. The van der Waals surface area contributed by atoms with Crippen LogP contribution in [0, 0.1) is 0 Å². The summed E-state index contributed by atoms with van der Waals surface area (Å²) in [4.78, 5) is 20.0. The van der Waals surface area contributed by atoms with Crippen molar-refractivity contribution in [3.8, 4) is 11.3 Å². The van der Waals surface area contributed by atoms with E-state index in [9.17, 15) is 13.2 Å². The quantitative estimate of drug-likeness (QED) is 0.226. The highest BCUT2D eigenvalue weighted by Gasteiger charge is 2.30. The molecule has 2 aliphatic heterocycles. The van der Waals surface area contributed by atoms with Gasteiger partial charge >= 0.3 is 0 Å². The van der Waals surface area contributed by atoms with Crippen molar-refractivity contribution in [2.75, 3.05) is 74.7 Å². The highest BCUT2D eigenvalue weighted by Crippen LogP contribution is 2.35. The summed E-state index contributed by atoms with van der Waals surface area (Å²) in [6.07, 6.45) is 2.73. The molecule has 1 saturated heterocycles. The molecule has 1 aromatic heterocycles. The largest absolute Gasteiger partial charge is 0.378 e. The van der Waals surface area contributed by atoms with Gasteiger partial charge in [-0.05, 0) is 61.0 Å². The van der Waals surface area contributed by atoms with Crippen molar-refractivity contribution in [1.82, 2.24) is 19.0 Å². The molecule has 1 fully saturated rings. The van der Waals surface area contributed by atoms with Crippen LogP contribution in [-0.2, 0) is 29.5 Å². The van der Waals surface area contributed by atoms with Gasteiger partial charge in [0, 0.05) is 112 Å². The molecule has 10 nitrogen and oxygen atoms in total. The summed E-state index contributed by atoms with van der Waals surface area (Å²) < 4.78 is 28.7. The second-order valence-electron chi connectivity index (χ2n) is 12.6. The van der Waals surface area contributed by atoms with E-state index in [2.05, 4.69) is 21.2 Å². The Hall–Kier alpha value is -3.61. The number of amides is 1. The first-order valence-electron chi connectivity index (χ1n) is 16.1. The molecule has 13 heteroatoms. The zero-order valence-corrected chi connectivity index (χ0v) is 29.8. The lowest BCUT2D eigenvalue weighted by atomic mass is 10.0. The summed E-state index contributed by atoms with van der Waals surface area (Å²) in [6.45, 7) is 6.15. The van der Waals surface area contributed by atoms with E-state index in [1.807, 2.05) is 66.1 Å². The Morgan fingerprint density at radius 2 is 1.69 bits per heavy atom. The van der Waals surface area contributed by atoms with Crippen LogP contribution < -0.4 is 15.1 Å². The average Bonchev–Trinajstić information content (AvgIpc) is 3.43. The Kier molecular flexibility index (Phi) is 10.3. The van der Waals surface area contributed by atoms with Gasteiger partial charge in [0.1, 0.15) is 0 Å². The number of piperazine rings is 1. The van der Waals surface area contributed by atoms with E-state index in [-0.39, 0.29) is 12.5 Å². The summed E-state index contributed by atoms with van der Waals surface area (Å²) in [7, 11) is 0.501. The van der Waals surface area contributed by atoms with Crippen molar-refractivity contribution in [3.63, 3.8) is 0 Å². The van der Waals surface area contributed by atoms with E-state index in [4.69, 9.17) is 28.3 Å². The molecule has 6 rings (SSSR count). The molecule has 3 heterocycles. The summed E-state index contributed by atoms with van der Waals surface area (Å²) in [5.74, 6) is -0.274. The Bertz CT molecular complexity index is 1890. The fraction of sp³-hybridized carbons (Fsp3) is 0.371. The maximum absolute atomic E-state index is 13.1. The summed E-state index contributed by atoms with van der Waals surface area (Å²) in [6, 6.07) is 20.8. The number of nitrogens with zero attached hydrogens (tertiary/aromatic N) is 6. The Balaban J connectivity index is 1.18. The lowest BCUT2D eigenvalue weighted by Gasteiger charge is -2.36. The molecular formula is C35H41Cl2N7O3S. The van der Waals surface area contributed by atoms with E-state index in [0.717, 1.165) is 78.9 Å². The van der Waals surface area contributed by atoms with E-state index >= 15 is 0 Å². The van der Waals surface area contributed by atoms with Gasteiger partial charge in [-0.3, -0.25) is 14.4 Å². The standard InChI is InChI=1S/C35H41Cl2N7O3S/c1-40(2)28-11-8-25(9-12-28)35(45)38-32-22-26(10-13-31(32)37)34-30-24-43(48(3,46)47)17-14-33(30)44(39-34)16-5-15-41-18-20-42(21-19-41)29-7-4-6-27(36)23-29/h4,6-13,22-23H,5,14-21,24H2,1-3H3,(H,38,45). The first-order chi connectivity index (χ1) is 23.0. The fourth-order valence-corrected chi connectivity index (χ4v) is 7.52. The smallest absolute Gasteiger partial charge is 0.255 e. The number of benzene rings is 3. The molecule has 0 saturated carbocycles. The van der Waals surface area contributed by atoms with Gasteiger partial charge in [0.25, 0.3) is 5.91 Å². The highest BCUT2D eigenvalue weighted by molar-refractivity contribution is 7.88. The average molecular weight is 711 g/mol. The number of carbonyl (C=O) groups is 1. The minimum absolute atomic E-state index is 0.248. The summed E-state index contributed by atoms with van der Waals surface area (Å²) in [5, 5.41) is 9.16. The zero-order chi connectivity index (χ0) is 34.0. The number of sulfonamides is 1. The van der Waals surface area contributed by atoms with Gasteiger partial charge in [0.2, 0.25) is 10.0 Å². The number of carbonyl (C=O) groups excluding carboxylic acids is 1. The number of nitrogens with one attached hydrogen (secondary N) is 1. The van der Waals surface area contributed by atoms with Gasteiger partial charge in [-0.25, -0.2) is 8.42 Å². The number of halogens is 2. The number of hydrogen-bond donors (Lipinski definition) is 1. The van der Waals surface area contributed by atoms with E-state index in [1.54, 1.807) is 18.2 Å². The van der Waals surface area contributed by atoms with Crippen molar-refractivity contribution < 1.29 is 13.2 Å². The minimum atomic E-state index is -3.39. The van der Waals surface area contributed by atoms with Crippen LogP contribution in [0.25, 0.3) is 11.3 Å². The molecule has 1 N–H and O–H groups in total. The van der Waals surface area contributed by atoms with Crippen LogP contribution in [0.1, 0.15) is 28.0 Å². The Morgan fingerprint density at radius 1 is 0.938 bits per heavy atom. The van der Waals surface area contributed by atoms with Crippen LogP contribution in [-0.4, -0.2) is 92.9 Å². The van der Waals surface area contributed by atoms with Crippen molar-refractivity contribution in [3.05, 3.63) is 93.6 Å². The predicted octanol–water partition coefficient (Wildman–Crippen LogP) is 5.71. The van der Waals surface area contributed by atoms with Gasteiger partial charge in [-0.15, -0.1) is 0 Å². The first-order valence-corrected chi connectivity index (χ1v) is 18.7. The molecular weight excluding hydrogens is 669 g/mol. The third-order valence-electron chi connectivity index (χ3n) is 9.09. The predicted molar refractivity (Wildman–Crippen MR) is 195 cm³/mol. The second-order valence-corrected chi connectivity index (χ2v) is 15.4. The molecule has 254 valence electrons. The number of rotatable bonds is 10. The fourth-order valence-electron chi connectivity index (χ4n) is 6.39. The second kappa shape index (κ2) is 14.5. The molecule has 4 aromatic rings. The number of fused-ring (bicyclic) bond motifs is 1. The summed E-state index contributed by atoms with van der Waals surface area (Å²) >= 11 is 12.8. The van der Waals surface area contributed by atoms with Crippen molar-refractivity contribution in [2.45, 2.75) is 25.9 Å². The molecule has 2 aliphatic rings. The van der Waals surface area contributed by atoms with Crippen LogP contribution in [0.4, 0.5) is 17.1 Å². The van der Waals surface area contributed by atoms with Gasteiger partial charge in [0.15, 0.2) is 0 Å². The van der Waals surface area contributed by atoms with Gasteiger partial charge < -0.3 is 15.1 Å². The van der Waals surface area contributed by atoms with Crippen LogP contribution in [0.5, 0.6) is 0 Å². The Morgan fingerprint density at radius 3 is 2.38 bits per heavy atom.